The number of nitrogens with zero attached hydrogens (tertiary/aromatic N) is 4. The first kappa shape index (κ1) is 24.3. The summed E-state index contributed by atoms with van der Waals surface area (Å²) in [6.45, 7) is 5.85. The van der Waals surface area contributed by atoms with Crippen LogP contribution >= 0.6 is 24.0 Å². The molecule has 8 heteroatoms. The third kappa shape index (κ3) is 7.09. The predicted octanol–water partition coefficient (Wildman–Crippen LogP) is 3.23. The minimum Gasteiger partial charge on any atom is -0.357 e. The molecule has 0 aliphatic carbocycles. The van der Waals surface area contributed by atoms with E-state index >= 15 is 0 Å². The number of nitrogens with one attached hydrogen (secondary N) is 2. The van der Waals surface area contributed by atoms with Gasteiger partial charge in [0, 0.05) is 38.4 Å². The number of hydrogen-bond donors (Lipinski definition) is 2. The number of anilines is 1. The van der Waals surface area contributed by atoms with Gasteiger partial charge in [0.05, 0.1) is 6.54 Å². The zero-order valence-corrected chi connectivity index (χ0v) is 20.3. The summed E-state index contributed by atoms with van der Waals surface area (Å²) in [6.07, 6.45) is 2.55. The Hall–Kier alpha value is -1.94. The van der Waals surface area contributed by atoms with Crippen LogP contribution in [0.4, 0.5) is 10.2 Å². The van der Waals surface area contributed by atoms with Crippen molar-refractivity contribution < 1.29 is 4.39 Å². The zero-order chi connectivity index (χ0) is 20.6. The molecule has 1 aromatic carbocycles. The molecule has 0 amide bonds. The van der Waals surface area contributed by atoms with E-state index in [4.69, 9.17) is 4.99 Å². The number of hydrogen-bond acceptors (Lipinski definition) is 4. The normalized spacial score (nSPS) is 16.5. The van der Waals surface area contributed by atoms with Crippen molar-refractivity contribution in [2.24, 2.45) is 4.99 Å². The number of benzene rings is 1. The van der Waals surface area contributed by atoms with Crippen LogP contribution in [0.15, 0.2) is 47.6 Å². The maximum absolute atomic E-state index is 14.0. The van der Waals surface area contributed by atoms with Crippen molar-refractivity contribution in [2.45, 2.75) is 32.5 Å². The zero-order valence-electron chi connectivity index (χ0n) is 17.9. The third-order valence-corrected chi connectivity index (χ3v) is 4.82. The first-order valence-corrected chi connectivity index (χ1v) is 10.2. The van der Waals surface area contributed by atoms with Crippen LogP contribution in [0.25, 0.3) is 0 Å². The second-order valence-corrected chi connectivity index (χ2v) is 7.64. The van der Waals surface area contributed by atoms with Crippen LogP contribution in [0, 0.1) is 5.82 Å². The molecule has 0 radical (unpaired) electrons. The van der Waals surface area contributed by atoms with E-state index in [-0.39, 0.29) is 35.8 Å². The van der Waals surface area contributed by atoms with E-state index < -0.39 is 0 Å². The van der Waals surface area contributed by atoms with E-state index in [1.807, 2.05) is 4.90 Å². The van der Waals surface area contributed by atoms with E-state index in [9.17, 15) is 4.39 Å². The second-order valence-electron chi connectivity index (χ2n) is 7.64. The highest BCUT2D eigenvalue weighted by atomic mass is 127. The maximum atomic E-state index is 14.0. The first-order chi connectivity index (χ1) is 14.0. The van der Waals surface area contributed by atoms with Gasteiger partial charge in [-0.05, 0) is 50.7 Å². The monoisotopic (exact) mass is 526 g/mol. The van der Waals surface area contributed by atoms with E-state index in [1.54, 1.807) is 12.3 Å². The van der Waals surface area contributed by atoms with Gasteiger partial charge >= 0.3 is 0 Å². The van der Waals surface area contributed by atoms with Crippen LogP contribution in [-0.4, -0.2) is 55.6 Å². The van der Waals surface area contributed by atoms with Crippen molar-refractivity contribution in [3.05, 3.63) is 59.5 Å². The molecular weight excluding hydrogens is 494 g/mol. The summed E-state index contributed by atoms with van der Waals surface area (Å²) in [4.78, 5) is 13.1. The summed E-state index contributed by atoms with van der Waals surface area (Å²) in [5, 5.41) is 6.81. The molecule has 1 fully saturated rings. The van der Waals surface area contributed by atoms with Crippen molar-refractivity contribution >= 4 is 35.8 Å². The molecule has 1 unspecified atom stereocenters. The smallest absolute Gasteiger partial charge is 0.191 e. The third-order valence-electron chi connectivity index (χ3n) is 4.82. The summed E-state index contributed by atoms with van der Waals surface area (Å²) in [5.74, 6) is 0.946. The molecule has 6 nitrogen and oxygen atoms in total. The minimum atomic E-state index is -0.272. The van der Waals surface area contributed by atoms with Gasteiger partial charge in [-0.1, -0.05) is 24.3 Å². The Morgan fingerprint density at radius 2 is 2.07 bits per heavy atom. The molecule has 30 heavy (non-hydrogen) atoms. The topological polar surface area (TPSA) is 55.8 Å². The summed E-state index contributed by atoms with van der Waals surface area (Å²) in [5.41, 5.74) is 2.47. The van der Waals surface area contributed by atoms with Gasteiger partial charge in [0.1, 0.15) is 0 Å². The van der Waals surface area contributed by atoms with Crippen LogP contribution in [0.1, 0.15) is 24.5 Å². The van der Waals surface area contributed by atoms with Gasteiger partial charge in [-0.3, -0.25) is 0 Å². The van der Waals surface area contributed by atoms with E-state index in [0.717, 1.165) is 32.0 Å². The summed E-state index contributed by atoms with van der Waals surface area (Å²) in [6, 6.07) is 11.8. The minimum absolute atomic E-state index is 0. The molecule has 2 aromatic rings. The van der Waals surface area contributed by atoms with Crippen molar-refractivity contribution in [2.75, 3.05) is 38.6 Å². The van der Waals surface area contributed by atoms with Gasteiger partial charge in [-0.25, -0.2) is 14.4 Å². The van der Waals surface area contributed by atoms with Gasteiger partial charge in [0.2, 0.25) is 0 Å². The Balaban J connectivity index is 0.00000320. The van der Waals surface area contributed by atoms with E-state index in [2.05, 4.69) is 65.8 Å². The quantitative estimate of drug-likeness (QED) is 0.330. The maximum Gasteiger partial charge on any atom is 0.191 e. The number of aliphatic imine (C=N–C) groups is 1. The fraction of sp³-hybridized carbons (Fsp3) is 0.455. The molecule has 164 valence electrons. The summed E-state index contributed by atoms with van der Waals surface area (Å²) < 4.78 is 14.0. The molecule has 1 aromatic heterocycles. The molecule has 0 saturated carbocycles. The van der Waals surface area contributed by atoms with Gasteiger partial charge in [-0.15, -0.1) is 24.0 Å². The number of aromatic nitrogens is 1. The SMILES string of the molecule is CCNC(=NCc1cccc(CN(C)C)c1)NC1CCN(c2ncccc2F)C1.I. The van der Waals surface area contributed by atoms with Gasteiger partial charge in [0.25, 0.3) is 0 Å². The van der Waals surface area contributed by atoms with Gasteiger partial charge in [-0.2, -0.15) is 0 Å². The molecule has 2 heterocycles. The van der Waals surface area contributed by atoms with Crippen molar-refractivity contribution in [3.63, 3.8) is 0 Å². The van der Waals surface area contributed by atoms with Crippen LogP contribution < -0.4 is 15.5 Å². The van der Waals surface area contributed by atoms with Crippen LogP contribution in [0.5, 0.6) is 0 Å². The fourth-order valence-electron chi connectivity index (χ4n) is 3.56. The molecule has 1 aliphatic heterocycles. The lowest BCUT2D eigenvalue weighted by atomic mass is 10.1. The molecule has 1 saturated heterocycles. The Kier molecular flexibility index (Phi) is 9.77. The first-order valence-electron chi connectivity index (χ1n) is 10.2. The number of guanidine groups is 1. The van der Waals surface area contributed by atoms with Crippen molar-refractivity contribution in [1.29, 1.82) is 0 Å². The van der Waals surface area contributed by atoms with Crippen molar-refractivity contribution in [3.8, 4) is 0 Å². The average molecular weight is 526 g/mol. The molecular formula is C22H32FIN6. The molecule has 2 N–H and O–H groups in total. The molecule has 0 spiro atoms. The largest absolute Gasteiger partial charge is 0.357 e. The number of rotatable bonds is 7. The van der Waals surface area contributed by atoms with E-state index in [1.165, 1.54) is 17.2 Å². The summed E-state index contributed by atoms with van der Waals surface area (Å²) in [7, 11) is 4.14. The Morgan fingerprint density at radius 3 is 2.80 bits per heavy atom. The molecule has 0 bridgehead atoms. The predicted molar refractivity (Wildman–Crippen MR) is 132 cm³/mol. The van der Waals surface area contributed by atoms with Gasteiger partial charge < -0.3 is 20.4 Å². The lowest BCUT2D eigenvalue weighted by Crippen LogP contribution is -2.44. The van der Waals surface area contributed by atoms with Gasteiger partial charge in [0.15, 0.2) is 17.6 Å². The highest BCUT2D eigenvalue weighted by Crippen LogP contribution is 2.20. The van der Waals surface area contributed by atoms with Crippen LogP contribution in [0.2, 0.25) is 0 Å². The molecule has 3 rings (SSSR count). The molecule has 1 aliphatic rings. The lowest BCUT2D eigenvalue weighted by molar-refractivity contribution is 0.402. The van der Waals surface area contributed by atoms with E-state index in [0.29, 0.717) is 18.9 Å². The average Bonchev–Trinajstić information content (AvgIpc) is 3.15. The van der Waals surface area contributed by atoms with Crippen molar-refractivity contribution in [1.82, 2.24) is 20.5 Å². The number of halogens is 2. The fourth-order valence-corrected chi connectivity index (χ4v) is 3.56. The standard InChI is InChI=1S/C22H31FN6.HI/c1-4-24-22(26-14-17-7-5-8-18(13-17)15-28(2)3)27-19-10-12-29(16-19)21-20(23)9-6-11-25-21;/h5-9,11,13,19H,4,10,12,14-16H2,1-3H3,(H2,24,26,27);1H. The summed E-state index contributed by atoms with van der Waals surface area (Å²) >= 11 is 0. The Bertz CT molecular complexity index is 829. The van der Waals surface area contributed by atoms with Crippen LogP contribution in [-0.2, 0) is 13.1 Å². The lowest BCUT2D eigenvalue weighted by Gasteiger charge is -2.20. The Morgan fingerprint density at radius 1 is 1.27 bits per heavy atom. The highest BCUT2D eigenvalue weighted by molar-refractivity contribution is 14.0. The Labute approximate surface area is 196 Å². The number of pyridine rings is 1. The molecule has 1 atom stereocenters. The second kappa shape index (κ2) is 12.0. The highest BCUT2D eigenvalue weighted by Gasteiger charge is 2.25. The van der Waals surface area contributed by atoms with Crippen LogP contribution in [0.3, 0.4) is 0 Å².